The standard InChI is InChI=1S/C21H19FN2O2/c22-18-9-4-8-17(12-18)15-26-20-11-5-10-19(13-20)24-21(25)23-14-16-6-2-1-3-7-16/h1-13H,14-15H2,(H2,23,24,25). The van der Waals surface area contributed by atoms with Crippen LogP contribution < -0.4 is 15.4 Å². The molecule has 0 fully saturated rings. The molecule has 26 heavy (non-hydrogen) atoms. The van der Waals surface area contributed by atoms with Crippen LogP contribution in [-0.4, -0.2) is 6.03 Å². The number of carbonyl (C=O) groups excluding carboxylic acids is 1. The summed E-state index contributed by atoms with van der Waals surface area (Å²) in [4.78, 5) is 12.0. The van der Waals surface area contributed by atoms with Crippen molar-refractivity contribution < 1.29 is 13.9 Å². The van der Waals surface area contributed by atoms with E-state index in [2.05, 4.69) is 10.6 Å². The molecule has 0 aromatic heterocycles. The Morgan fingerprint density at radius 2 is 1.65 bits per heavy atom. The van der Waals surface area contributed by atoms with Gasteiger partial charge < -0.3 is 15.4 Å². The SMILES string of the molecule is O=C(NCc1ccccc1)Nc1cccc(OCc2cccc(F)c2)c1. The summed E-state index contributed by atoms with van der Waals surface area (Å²) in [6.45, 7) is 0.698. The molecule has 0 saturated carbocycles. The van der Waals surface area contributed by atoms with Gasteiger partial charge in [0, 0.05) is 18.3 Å². The lowest BCUT2D eigenvalue weighted by atomic mass is 10.2. The molecule has 2 N–H and O–H groups in total. The molecule has 0 radical (unpaired) electrons. The van der Waals surface area contributed by atoms with E-state index in [1.54, 1.807) is 36.4 Å². The van der Waals surface area contributed by atoms with Gasteiger partial charge in [-0.15, -0.1) is 0 Å². The number of nitrogens with one attached hydrogen (secondary N) is 2. The van der Waals surface area contributed by atoms with Crippen LogP contribution in [0.4, 0.5) is 14.9 Å². The van der Waals surface area contributed by atoms with E-state index in [1.165, 1.54) is 12.1 Å². The largest absolute Gasteiger partial charge is 0.489 e. The molecule has 5 heteroatoms. The maximum atomic E-state index is 13.2. The van der Waals surface area contributed by atoms with Crippen LogP contribution in [-0.2, 0) is 13.2 Å². The summed E-state index contributed by atoms with van der Waals surface area (Å²) in [5, 5.41) is 5.57. The lowest BCUT2D eigenvalue weighted by Crippen LogP contribution is -2.28. The van der Waals surface area contributed by atoms with Crippen LogP contribution in [0.2, 0.25) is 0 Å². The van der Waals surface area contributed by atoms with Gasteiger partial charge in [0.25, 0.3) is 0 Å². The lowest BCUT2D eigenvalue weighted by Gasteiger charge is -2.10. The van der Waals surface area contributed by atoms with E-state index in [-0.39, 0.29) is 18.5 Å². The molecular weight excluding hydrogens is 331 g/mol. The Hall–Kier alpha value is -3.34. The summed E-state index contributed by atoms with van der Waals surface area (Å²) in [5.41, 5.74) is 2.38. The topological polar surface area (TPSA) is 50.4 Å². The zero-order valence-electron chi connectivity index (χ0n) is 14.1. The number of hydrogen-bond donors (Lipinski definition) is 2. The van der Waals surface area contributed by atoms with Gasteiger partial charge in [0.1, 0.15) is 18.2 Å². The number of amides is 2. The zero-order valence-corrected chi connectivity index (χ0v) is 14.1. The Balaban J connectivity index is 1.52. The molecule has 132 valence electrons. The van der Waals surface area contributed by atoms with E-state index in [0.717, 1.165) is 11.1 Å². The third-order valence-electron chi connectivity index (χ3n) is 3.68. The average molecular weight is 350 g/mol. The summed E-state index contributed by atoms with van der Waals surface area (Å²) >= 11 is 0. The van der Waals surface area contributed by atoms with Crippen molar-refractivity contribution in [1.29, 1.82) is 0 Å². The molecule has 3 rings (SSSR count). The summed E-state index contributed by atoms with van der Waals surface area (Å²) in [6.07, 6.45) is 0. The van der Waals surface area contributed by atoms with Crippen molar-refractivity contribution in [3.63, 3.8) is 0 Å². The normalized spacial score (nSPS) is 10.2. The number of rotatable bonds is 6. The van der Waals surface area contributed by atoms with E-state index < -0.39 is 0 Å². The van der Waals surface area contributed by atoms with Crippen molar-refractivity contribution in [1.82, 2.24) is 5.32 Å². The Labute approximate surface area is 151 Å². The molecule has 3 aromatic rings. The van der Waals surface area contributed by atoms with Gasteiger partial charge in [-0.1, -0.05) is 48.5 Å². The highest BCUT2D eigenvalue weighted by Gasteiger charge is 2.04. The monoisotopic (exact) mass is 350 g/mol. The lowest BCUT2D eigenvalue weighted by molar-refractivity contribution is 0.251. The molecule has 0 aliphatic rings. The molecule has 4 nitrogen and oxygen atoms in total. The van der Waals surface area contributed by atoms with Crippen LogP contribution in [0.1, 0.15) is 11.1 Å². The predicted octanol–water partition coefficient (Wildman–Crippen LogP) is 4.73. The minimum Gasteiger partial charge on any atom is -0.489 e. The summed E-state index contributed by atoms with van der Waals surface area (Å²) in [5.74, 6) is 0.298. The number of halogens is 1. The van der Waals surface area contributed by atoms with Crippen LogP contribution in [0.3, 0.4) is 0 Å². The van der Waals surface area contributed by atoms with Gasteiger partial charge in [-0.3, -0.25) is 0 Å². The molecule has 0 atom stereocenters. The Kier molecular flexibility index (Phi) is 5.83. The molecule has 2 amide bonds. The number of urea groups is 1. The highest BCUT2D eigenvalue weighted by atomic mass is 19.1. The number of ether oxygens (including phenoxy) is 1. The predicted molar refractivity (Wildman–Crippen MR) is 99.5 cm³/mol. The van der Waals surface area contributed by atoms with E-state index in [0.29, 0.717) is 18.0 Å². The summed E-state index contributed by atoms with van der Waals surface area (Å²) in [6, 6.07) is 22.7. The third kappa shape index (κ3) is 5.34. The van der Waals surface area contributed by atoms with Gasteiger partial charge in [-0.05, 0) is 35.4 Å². The van der Waals surface area contributed by atoms with Crippen LogP contribution in [0.25, 0.3) is 0 Å². The maximum absolute atomic E-state index is 13.2. The molecule has 0 saturated heterocycles. The minimum absolute atomic E-state index is 0.251. The van der Waals surface area contributed by atoms with E-state index >= 15 is 0 Å². The van der Waals surface area contributed by atoms with Gasteiger partial charge in [0.05, 0.1) is 0 Å². The molecule has 0 aliphatic carbocycles. The Bertz CT molecular complexity index is 869. The Morgan fingerprint density at radius 3 is 2.46 bits per heavy atom. The van der Waals surface area contributed by atoms with Crippen LogP contribution >= 0.6 is 0 Å². The first-order valence-corrected chi connectivity index (χ1v) is 8.25. The first-order valence-electron chi connectivity index (χ1n) is 8.25. The minimum atomic E-state index is -0.295. The van der Waals surface area contributed by atoms with E-state index in [9.17, 15) is 9.18 Å². The van der Waals surface area contributed by atoms with E-state index in [4.69, 9.17) is 4.74 Å². The molecule has 0 aliphatic heterocycles. The molecular formula is C21H19FN2O2. The van der Waals surface area contributed by atoms with Crippen molar-refractivity contribution in [2.24, 2.45) is 0 Å². The molecule has 0 unspecified atom stereocenters. The quantitative estimate of drug-likeness (QED) is 0.675. The van der Waals surface area contributed by atoms with Crippen molar-refractivity contribution in [2.75, 3.05) is 5.32 Å². The molecule has 0 spiro atoms. The second kappa shape index (κ2) is 8.67. The fourth-order valence-electron chi connectivity index (χ4n) is 2.41. The van der Waals surface area contributed by atoms with Gasteiger partial charge in [-0.2, -0.15) is 0 Å². The van der Waals surface area contributed by atoms with Gasteiger partial charge >= 0.3 is 6.03 Å². The second-order valence-electron chi connectivity index (χ2n) is 5.74. The number of carbonyl (C=O) groups is 1. The van der Waals surface area contributed by atoms with Crippen molar-refractivity contribution in [2.45, 2.75) is 13.2 Å². The smallest absolute Gasteiger partial charge is 0.319 e. The highest BCUT2D eigenvalue weighted by molar-refractivity contribution is 5.89. The molecule has 0 bridgehead atoms. The summed E-state index contributed by atoms with van der Waals surface area (Å²) < 4.78 is 18.8. The second-order valence-corrected chi connectivity index (χ2v) is 5.74. The summed E-state index contributed by atoms with van der Waals surface area (Å²) in [7, 11) is 0. The fraction of sp³-hybridized carbons (Fsp3) is 0.0952. The Morgan fingerprint density at radius 1 is 0.885 bits per heavy atom. The van der Waals surface area contributed by atoms with Crippen molar-refractivity contribution in [3.8, 4) is 5.75 Å². The first-order chi connectivity index (χ1) is 12.7. The molecule has 0 heterocycles. The number of hydrogen-bond acceptors (Lipinski definition) is 2. The fourth-order valence-corrected chi connectivity index (χ4v) is 2.41. The third-order valence-corrected chi connectivity index (χ3v) is 3.68. The van der Waals surface area contributed by atoms with Gasteiger partial charge in [-0.25, -0.2) is 9.18 Å². The number of anilines is 1. The van der Waals surface area contributed by atoms with E-state index in [1.807, 2.05) is 30.3 Å². The van der Waals surface area contributed by atoms with Crippen LogP contribution in [0.15, 0.2) is 78.9 Å². The number of benzene rings is 3. The molecule has 3 aromatic carbocycles. The van der Waals surface area contributed by atoms with Crippen molar-refractivity contribution >= 4 is 11.7 Å². The van der Waals surface area contributed by atoms with Crippen LogP contribution in [0.5, 0.6) is 5.75 Å². The first kappa shape index (κ1) is 17.5. The highest BCUT2D eigenvalue weighted by Crippen LogP contribution is 2.19. The van der Waals surface area contributed by atoms with Crippen molar-refractivity contribution in [3.05, 3.63) is 95.8 Å². The van der Waals surface area contributed by atoms with Gasteiger partial charge in [0.15, 0.2) is 0 Å². The van der Waals surface area contributed by atoms with Gasteiger partial charge in [0.2, 0.25) is 0 Å². The zero-order chi connectivity index (χ0) is 18.2. The maximum Gasteiger partial charge on any atom is 0.319 e. The van der Waals surface area contributed by atoms with Crippen LogP contribution in [0, 0.1) is 5.82 Å². The average Bonchev–Trinajstić information content (AvgIpc) is 2.66.